The summed E-state index contributed by atoms with van der Waals surface area (Å²) in [6.45, 7) is 0.604. The first-order valence-electron chi connectivity index (χ1n) is 9.44. The standard InChI is InChI=1S/C22H21ClFN3O2/c1-29-17-5-2-4-15(12-17)22(28)27(16-8-9-16)14-21-25-10-11-26(21)13-18-19(23)6-3-7-20(18)24/h2-7,10-12,16H,8-9,13-14H2,1H3. The van der Waals surface area contributed by atoms with Crippen molar-refractivity contribution in [1.29, 1.82) is 0 Å². The van der Waals surface area contributed by atoms with Crippen LogP contribution in [0.15, 0.2) is 54.9 Å². The van der Waals surface area contributed by atoms with Crippen LogP contribution in [0.25, 0.3) is 0 Å². The van der Waals surface area contributed by atoms with Crippen LogP contribution in [0.5, 0.6) is 5.75 Å². The van der Waals surface area contributed by atoms with Crippen LogP contribution in [0.2, 0.25) is 5.02 Å². The van der Waals surface area contributed by atoms with Crippen molar-refractivity contribution in [2.24, 2.45) is 0 Å². The quantitative estimate of drug-likeness (QED) is 0.571. The number of carbonyl (C=O) groups excluding carboxylic acids is 1. The number of amides is 1. The van der Waals surface area contributed by atoms with E-state index in [0.29, 0.717) is 34.3 Å². The number of aromatic nitrogens is 2. The highest BCUT2D eigenvalue weighted by Gasteiger charge is 2.34. The molecule has 1 fully saturated rings. The van der Waals surface area contributed by atoms with Crippen LogP contribution in [0.3, 0.4) is 0 Å². The lowest BCUT2D eigenvalue weighted by atomic mass is 10.2. The summed E-state index contributed by atoms with van der Waals surface area (Å²) in [6, 6.07) is 12.0. The first kappa shape index (κ1) is 19.5. The number of nitrogens with zero attached hydrogens (tertiary/aromatic N) is 3. The van der Waals surface area contributed by atoms with Crippen molar-refractivity contribution in [3.8, 4) is 5.75 Å². The van der Waals surface area contributed by atoms with E-state index in [2.05, 4.69) is 4.98 Å². The van der Waals surface area contributed by atoms with E-state index in [0.717, 1.165) is 12.8 Å². The van der Waals surface area contributed by atoms with E-state index >= 15 is 0 Å². The zero-order valence-corrected chi connectivity index (χ0v) is 16.8. The Morgan fingerprint density at radius 3 is 2.83 bits per heavy atom. The molecule has 0 bridgehead atoms. The molecule has 3 aromatic rings. The molecule has 1 aromatic heterocycles. The van der Waals surface area contributed by atoms with Gasteiger partial charge in [0.25, 0.3) is 5.91 Å². The van der Waals surface area contributed by atoms with Gasteiger partial charge in [-0.2, -0.15) is 0 Å². The van der Waals surface area contributed by atoms with Crippen LogP contribution >= 0.6 is 11.6 Å². The lowest BCUT2D eigenvalue weighted by Gasteiger charge is -2.23. The summed E-state index contributed by atoms with van der Waals surface area (Å²) in [5.41, 5.74) is 0.983. The highest BCUT2D eigenvalue weighted by Crippen LogP contribution is 2.30. The zero-order chi connectivity index (χ0) is 20.4. The summed E-state index contributed by atoms with van der Waals surface area (Å²) in [4.78, 5) is 19.4. The number of hydrogen-bond donors (Lipinski definition) is 0. The first-order valence-corrected chi connectivity index (χ1v) is 9.82. The maximum Gasteiger partial charge on any atom is 0.254 e. The third kappa shape index (κ3) is 4.27. The molecular weight excluding hydrogens is 393 g/mol. The smallest absolute Gasteiger partial charge is 0.254 e. The van der Waals surface area contributed by atoms with Crippen molar-refractivity contribution in [1.82, 2.24) is 14.5 Å². The number of ether oxygens (including phenoxy) is 1. The minimum Gasteiger partial charge on any atom is -0.497 e. The molecule has 0 spiro atoms. The number of rotatable bonds is 7. The second-order valence-electron chi connectivity index (χ2n) is 7.07. The van der Waals surface area contributed by atoms with Gasteiger partial charge in [-0.3, -0.25) is 4.79 Å². The average molecular weight is 414 g/mol. The SMILES string of the molecule is COc1cccc(C(=O)N(Cc2nccn2Cc2c(F)cccc2Cl)C2CC2)c1. The molecule has 1 aliphatic rings. The summed E-state index contributed by atoms with van der Waals surface area (Å²) >= 11 is 6.17. The zero-order valence-electron chi connectivity index (χ0n) is 16.0. The van der Waals surface area contributed by atoms with Crippen LogP contribution in [-0.2, 0) is 13.1 Å². The van der Waals surface area contributed by atoms with Gasteiger partial charge in [0, 0.05) is 34.6 Å². The molecule has 2 aromatic carbocycles. The molecule has 0 radical (unpaired) electrons. The summed E-state index contributed by atoms with van der Waals surface area (Å²) in [5, 5.41) is 0.371. The molecule has 0 saturated heterocycles. The van der Waals surface area contributed by atoms with Gasteiger partial charge in [-0.05, 0) is 43.2 Å². The molecule has 0 N–H and O–H groups in total. The number of benzene rings is 2. The molecule has 150 valence electrons. The van der Waals surface area contributed by atoms with E-state index in [1.54, 1.807) is 49.8 Å². The molecule has 5 nitrogen and oxygen atoms in total. The van der Waals surface area contributed by atoms with Gasteiger partial charge < -0.3 is 14.2 Å². The molecule has 1 saturated carbocycles. The van der Waals surface area contributed by atoms with Crippen molar-refractivity contribution in [2.45, 2.75) is 32.0 Å². The number of carbonyl (C=O) groups is 1. The lowest BCUT2D eigenvalue weighted by molar-refractivity contribution is 0.0723. The van der Waals surface area contributed by atoms with Gasteiger partial charge in [-0.15, -0.1) is 0 Å². The van der Waals surface area contributed by atoms with Gasteiger partial charge >= 0.3 is 0 Å². The molecular formula is C22H21ClFN3O2. The minimum absolute atomic E-state index is 0.0649. The average Bonchev–Trinajstić information content (AvgIpc) is 3.48. The van der Waals surface area contributed by atoms with Crippen molar-refractivity contribution >= 4 is 17.5 Å². The molecule has 0 aliphatic heterocycles. The first-order chi connectivity index (χ1) is 14.1. The molecule has 7 heteroatoms. The largest absolute Gasteiger partial charge is 0.497 e. The lowest BCUT2D eigenvalue weighted by Crippen LogP contribution is -2.33. The van der Waals surface area contributed by atoms with Crippen molar-refractivity contribution in [2.75, 3.05) is 7.11 Å². The summed E-state index contributed by atoms with van der Waals surface area (Å²) in [7, 11) is 1.58. The highest BCUT2D eigenvalue weighted by molar-refractivity contribution is 6.31. The van der Waals surface area contributed by atoms with Crippen LogP contribution in [0, 0.1) is 5.82 Å². The van der Waals surface area contributed by atoms with Gasteiger partial charge in [0.15, 0.2) is 0 Å². The van der Waals surface area contributed by atoms with Gasteiger partial charge in [0.2, 0.25) is 0 Å². The van der Waals surface area contributed by atoms with E-state index in [1.165, 1.54) is 6.07 Å². The Kier molecular flexibility index (Phi) is 5.53. The monoisotopic (exact) mass is 413 g/mol. The van der Waals surface area contributed by atoms with Crippen molar-refractivity contribution < 1.29 is 13.9 Å². The number of hydrogen-bond acceptors (Lipinski definition) is 3. The van der Waals surface area contributed by atoms with E-state index in [-0.39, 0.29) is 24.3 Å². The van der Waals surface area contributed by atoms with Crippen LogP contribution in [-0.4, -0.2) is 33.5 Å². The van der Waals surface area contributed by atoms with Crippen molar-refractivity contribution in [3.05, 3.63) is 82.6 Å². The third-order valence-corrected chi connectivity index (χ3v) is 5.42. The second kappa shape index (κ2) is 8.25. The summed E-state index contributed by atoms with van der Waals surface area (Å²) < 4.78 is 21.3. The second-order valence-corrected chi connectivity index (χ2v) is 7.47. The van der Waals surface area contributed by atoms with E-state index in [4.69, 9.17) is 16.3 Å². The maximum atomic E-state index is 14.2. The Hall–Kier alpha value is -2.86. The fraction of sp³-hybridized carbons (Fsp3) is 0.273. The fourth-order valence-electron chi connectivity index (χ4n) is 3.32. The normalized spacial score (nSPS) is 13.3. The fourth-order valence-corrected chi connectivity index (χ4v) is 3.54. The molecule has 1 amide bonds. The summed E-state index contributed by atoms with van der Waals surface area (Å²) in [5.74, 6) is 0.906. The minimum atomic E-state index is -0.358. The number of methoxy groups -OCH3 is 1. The Morgan fingerprint density at radius 1 is 1.31 bits per heavy atom. The number of imidazole rings is 1. The Labute approximate surface area is 173 Å². The third-order valence-electron chi connectivity index (χ3n) is 5.07. The topological polar surface area (TPSA) is 47.4 Å². The molecule has 0 unspecified atom stereocenters. The predicted molar refractivity (Wildman–Crippen MR) is 109 cm³/mol. The molecule has 1 aliphatic carbocycles. The number of halogens is 2. The molecule has 0 atom stereocenters. The highest BCUT2D eigenvalue weighted by atomic mass is 35.5. The van der Waals surface area contributed by atoms with Crippen molar-refractivity contribution in [3.63, 3.8) is 0 Å². The summed E-state index contributed by atoms with van der Waals surface area (Å²) in [6.07, 6.45) is 5.37. The maximum absolute atomic E-state index is 14.2. The van der Waals surface area contributed by atoms with Gasteiger partial charge in [0.05, 0.1) is 20.2 Å². The molecule has 29 heavy (non-hydrogen) atoms. The van der Waals surface area contributed by atoms with Gasteiger partial charge in [-0.1, -0.05) is 23.7 Å². The Bertz CT molecular complexity index is 1010. The van der Waals surface area contributed by atoms with E-state index in [1.807, 2.05) is 15.5 Å². The van der Waals surface area contributed by atoms with Crippen LogP contribution < -0.4 is 4.74 Å². The van der Waals surface area contributed by atoms with Crippen LogP contribution in [0.1, 0.15) is 34.6 Å². The van der Waals surface area contributed by atoms with Crippen LogP contribution in [0.4, 0.5) is 4.39 Å². The van der Waals surface area contributed by atoms with Gasteiger partial charge in [0.1, 0.15) is 17.4 Å². The van der Waals surface area contributed by atoms with Gasteiger partial charge in [-0.25, -0.2) is 9.37 Å². The Morgan fingerprint density at radius 2 is 2.10 bits per heavy atom. The predicted octanol–water partition coefficient (Wildman–Crippen LogP) is 4.54. The Balaban J connectivity index is 1.57. The van der Waals surface area contributed by atoms with E-state index in [9.17, 15) is 9.18 Å². The molecule has 4 rings (SSSR count). The molecule has 1 heterocycles. The van der Waals surface area contributed by atoms with E-state index < -0.39 is 0 Å².